The lowest BCUT2D eigenvalue weighted by atomic mass is 10.1. The number of anilines is 1. The molecule has 4 rings (SSSR count). The van der Waals surface area contributed by atoms with Crippen LogP contribution in [0.25, 0.3) is 6.08 Å². The van der Waals surface area contributed by atoms with Crippen LogP contribution in [-0.2, 0) is 11.4 Å². The Kier molecular flexibility index (Phi) is 7.45. The second-order valence-electron chi connectivity index (χ2n) is 7.68. The third-order valence-corrected chi connectivity index (χ3v) is 5.61. The molecular weight excluding hydrogens is 482 g/mol. The van der Waals surface area contributed by atoms with Gasteiger partial charge in [-0.1, -0.05) is 6.07 Å². The zero-order valence-electron chi connectivity index (χ0n) is 19.6. The number of nitrogens with one attached hydrogen (secondary N) is 1. The van der Waals surface area contributed by atoms with Gasteiger partial charge >= 0.3 is 0 Å². The van der Waals surface area contributed by atoms with Crippen LogP contribution in [0.4, 0.5) is 11.4 Å². The van der Waals surface area contributed by atoms with Crippen LogP contribution < -0.4 is 24.4 Å². The number of hydrogen-bond donors (Lipinski definition) is 1. The Balaban J connectivity index is 1.48. The predicted octanol–water partition coefficient (Wildman–Crippen LogP) is 4.84. The summed E-state index contributed by atoms with van der Waals surface area (Å²) >= 11 is 5.39. The lowest BCUT2D eigenvalue weighted by molar-refractivity contribution is -0.384. The van der Waals surface area contributed by atoms with Gasteiger partial charge in [0.15, 0.2) is 16.6 Å². The summed E-state index contributed by atoms with van der Waals surface area (Å²) < 4.78 is 16.8. The Labute approximate surface area is 213 Å². The molecule has 0 aliphatic carbocycles. The number of rotatable bonds is 9. The monoisotopic (exact) mass is 505 g/mol. The highest BCUT2D eigenvalue weighted by atomic mass is 32.1. The van der Waals surface area contributed by atoms with E-state index >= 15 is 0 Å². The van der Waals surface area contributed by atoms with Gasteiger partial charge in [-0.15, -0.1) is 0 Å². The van der Waals surface area contributed by atoms with Gasteiger partial charge in [0.25, 0.3) is 11.6 Å². The van der Waals surface area contributed by atoms with E-state index in [1.807, 2.05) is 6.92 Å². The molecule has 0 bridgehead atoms. The predicted molar refractivity (Wildman–Crippen MR) is 139 cm³/mol. The van der Waals surface area contributed by atoms with Crippen molar-refractivity contribution in [1.82, 2.24) is 5.32 Å². The van der Waals surface area contributed by atoms with Crippen molar-refractivity contribution in [2.75, 3.05) is 18.6 Å². The molecule has 0 spiro atoms. The number of carbonyl (C=O) groups is 1. The largest absolute Gasteiger partial charge is 0.494 e. The van der Waals surface area contributed by atoms with E-state index in [4.69, 9.17) is 26.4 Å². The minimum absolute atomic E-state index is 0.0179. The summed E-state index contributed by atoms with van der Waals surface area (Å²) in [6.07, 6.45) is 1.69. The van der Waals surface area contributed by atoms with Crippen LogP contribution in [-0.4, -0.2) is 29.7 Å². The maximum atomic E-state index is 13.1. The average Bonchev–Trinajstić information content (AvgIpc) is 3.16. The van der Waals surface area contributed by atoms with Gasteiger partial charge in [-0.25, -0.2) is 0 Å². The van der Waals surface area contributed by atoms with E-state index in [9.17, 15) is 14.9 Å². The van der Waals surface area contributed by atoms with Crippen molar-refractivity contribution >= 4 is 40.7 Å². The highest BCUT2D eigenvalue weighted by Gasteiger charge is 2.32. The zero-order valence-corrected chi connectivity index (χ0v) is 20.4. The number of carbonyl (C=O) groups excluding carboxylic acids is 1. The van der Waals surface area contributed by atoms with Crippen LogP contribution >= 0.6 is 12.2 Å². The number of ether oxygens (including phenoxy) is 3. The molecule has 0 aromatic heterocycles. The Bertz CT molecular complexity index is 1320. The number of non-ortho nitro benzene ring substituents is 1. The molecule has 9 nitrogen and oxygen atoms in total. The molecule has 0 unspecified atom stereocenters. The van der Waals surface area contributed by atoms with Gasteiger partial charge in [-0.2, -0.15) is 0 Å². The maximum absolute atomic E-state index is 13.1. The molecule has 0 atom stereocenters. The van der Waals surface area contributed by atoms with Gasteiger partial charge in [0, 0.05) is 12.1 Å². The fraction of sp³-hybridized carbons (Fsp3) is 0.154. The lowest BCUT2D eigenvalue weighted by Gasteiger charge is -2.14. The molecule has 10 heteroatoms. The molecule has 36 heavy (non-hydrogen) atoms. The Morgan fingerprint density at radius 3 is 2.39 bits per heavy atom. The Morgan fingerprint density at radius 2 is 1.75 bits per heavy atom. The molecular formula is C26H23N3O6S. The Hall–Kier alpha value is -4.44. The molecule has 1 heterocycles. The minimum Gasteiger partial charge on any atom is -0.494 e. The van der Waals surface area contributed by atoms with E-state index in [0.29, 0.717) is 40.8 Å². The molecule has 1 amide bonds. The van der Waals surface area contributed by atoms with E-state index in [1.165, 1.54) is 24.1 Å². The van der Waals surface area contributed by atoms with Gasteiger partial charge < -0.3 is 19.5 Å². The number of benzene rings is 3. The fourth-order valence-electron chi connectivity index (χ4n) is 3.56. The molecule has 1 aliphatic heterocycles. The number of hydrogen-bond acceptors (Lipinski definition) is 7. The van der Waals surface area contributed by atoms with E-state index in [0.717, 1.165) is 5.56 Å². The topological polar surface area (TPSA) is 103 Å². The summed E-state index contributed by atoms with van der Waals surface area (Å²) in [5, 5.41) is 14.1. The van der Waals surface area contributed by atoms with E-state index in [1.54, 1.807) is 60.7 Å². The van der Waals surface area contributed by atoms with Gasteiger partial charge in [0.2, 0.25) is 0 Å². The van der Waals surface area contributed by atoms with Crippen LogP contribution in [0.2, 0.25) is 0 Å². The van der Waals surface area contributed by atoms with Gasteiger partial charge in [-0.05, 0) is 84.9 Å². The molecule has 3 aromatic rings. The number of amides is 1. The Morgan fingerprint density at radius 1 is 1.03 bits per heavy atom. The van der Waals surface area contributed by atoms with Crippen LogP contribution in [0.5, 0.6) is 17.2 Å². The third-order valence-electron chi connectivity index (χ3n) is 5.32. The van der Waals surface area contributed by atoms with Gasteiger partial charge in [0.05, 0.1) is 24.3 Å². The second kappa shape index (κ2) is 10.9. The van der Waals surface area contributed by atoms with Crippen LogP contribution in [0.1, 0.15) is 18.1 Å². The summed E-state index contributed by atoms with van der Waals surface area (Å²) in [6.45, 7) is 2.67. The van der Waals surface area contributed by atoms with E-state index in [2.05, 4.69) is 5.32 Å². The van der Waals surface area contributed by atoms with E-state index in [-0.39, 0.29) is 23.3 Å². The first-order valence-corrected chi connectivity index (χ1v) is 11.4. The molecule has 0 radical (unpaired) electrons. The number of nitro groups is 1. The van der Waals surface area contributed by atoms with Gasteiger partial charge in [-0.3, -0.25) is 19.8 Å². The highest BCUT2D eigenvalue weighted by Crippen LogP contribution is 2.31. The van der Waals surface area contributed by atoms with Crippen LogP contribution in [0.3, 0.4) is 0 Å². The molecule has 1 N–H and O–H groups in total. The number of thiocarbonyl (C=S) groups is 1. The third kappa shape index (κ3) is 5.44. The molecule has 0 saturated carbocycles. The molecule has 1 fully saturated rings. The highest BCUT2D eigenvalue weighted by molar-refractivity contribution is 7.80. The fourth-order valence-corrected chi connectivity index (χ4v) is 3.86. The SMILES string of the molecule is CCOc1ccc(N2C(=O)/C(=C\c3ccc(OCc4ccc([N+](=O)[O-])cc4)c(OC)c3)NC2=S)cc1. The van der Waals surface area contributed by atoms with Crippen molar-refractivity contribution in [1.29, 1.82) is 0 Å². The van der Waals surface area contributed by atoms with Crippen molar-refractivity contribution < 1.29 is 23.9 Å². The van der Waals surface area contributed by atoms with Crippen molar-refractivity contribution in [3.05, 3.63) is 93.7 Å². The second-order valence-corrected chi connectivity index (χ2v) is 8.06. The van der Waals surface area contributed by atoms with E-state index < -0.39 is 4.92 Å². The summed E-state index contributed by atoms with van der Waals surface area (Å²) in [6, 6.07) is 18.5. The molecule has 184 valence electrons. The van der Waals surface area contributed by atoms with Crippen LogP contribution in [0, 0.1) is 10.1 Å². The first kappa shape index (κ1) is 24.7. The number of nitro benzene ring substituents is 1. The maximum Gasteiger partial charge on any atom is 0.281 e. The molecule has 1 saturated heterocycles. The summed E-state index contributed by atoms with van der Waals surface area (Å²) in [4.78, 5) is 24.8. The first-order valence-electron chi connectivity index (χ1n) is 11.0. The smallest absolute Gasteiger partial charge is 0.281 e. The van der Waals surface area contributed by atoms with Crippen molar-refractivity contribution in [3.63, 3.8) is 0 Å². The number of methoxy groups -OCH3 is 1. The summed E-state index contributed by atoms with van der Waals surface area (Å²) in [5.74, 6) is 1.41. The van der Waals surface area contributed by atoms with Crippen molar-refractivity contribution in [2.45, 2.75) is 13.5 Å². The summed E-state index contributed by atoms with van der Waals surface area (Å²) in [7, 11) is 1.52. The van der Waals surface area contributed by atoms with Crippen molar-refractivity contribution in [3.8, 4) is 17.2 Å². The molecule has 3 aromatic carbocycles. The molecule has 1 aliphatic rings. The summed E-state index contributed by atoms with van der Waals surface area (Å²) in [5.41, 5.74) is 2.47. The van der Waals surface area contributed by atoms with Crippen LogP contribution in [0.15, 0.2) is 72.4 Å². The van der Waals surface area contributed by atoms with Crippen molar-refractivity contribution in [2.24, 2.45) is 0 Å². The zero-order chi connectivity index (χ0) is 25.7. The lowest BCUT2D eigenvalue weighted by Crippen LogP contribution is -2.30. The standard InChI is InChI=1S/C26H23N3O6S/c1-3-34-21-11-9-19(10-12-21)28-25(30)22(27-26(28)36)14-18-6-13-23(24(15-18)33-2)35-16-17-4-7-20(8-5-17)29(31)32/h4-15H,3,16H2,1-2H3,(H,27,36)/b22-14+. The first-order chi connectivity index (χ1) is 17.4. The minimum atomic E-state index is -0.449. The number of nitrogens with zero attached hydrogens (tertiary/aromatic N) is 2. The normalized spacial score (nSPS) is 14.1. The van der Waals surface area contributed by atoms with Gasteiger partial charge in [0.1, 0.15) is 18.1 Å². The average molecular weight is 506 g/mol. The quantitative estimate of drug-likeness (QED) is 0.191.